The van der Waals surface area contributed by atoms with Crippen LogP contribution in [0, 0.1) is 0 Å². The predicted molar refractivity (Wildman–Crippen MR) is 221 cm³/mol. The Bertz CT molecular complexity index is 1150. The molecule has 1 heterocycles. The monoisotopic (exact) mass is 796 g/mol. The molecule has 1 fully saturated rings. The number of epoxide rings is 1. The standard InChI is InChI=1S/C44H78NO9P/c1-6-8-10-12-14-15-16-17-18-19-20-21-22-26-30-34-43(46)50-38-40(39-52-55(48,49)51-37-36-45(3,4)5)53-44(47)35-31-27-23-25-29-33-42-41(54-42)32-28-24-13-11-9-7-2/h14-15,17-18,20-21,24,28,40-42H,6-13,16,19,22-23,25-27,29-39H2,1-5H3/b15-14-,18-17-,21-20-,28-24-/t40-,41?,42?/m1/s1. The molecule has 1 aliphatic heterocycles. The fourth-order valence-electron chi connectivity index (χ4n) is 5.72. The zero-order chi connectivity index (χ0) is 40.5. The Morgan fingerprint density at radius 1 is 0.673 bits per heavy atom. The van der Waals surface area contributed by atoms with E-state index in [0.717, 1.165) is 77.0 Å². The number of hydrogen-bond acceptors (Lipinski definition) is 9. The minimum atomic E-state index is -4.64. The SMILES string of the molecule is CCCCC/C=C\C/C=C\C/C=C\CCCCC(=O)OC[C@H](COP(=O)([O-])OCC[N+](C)(C)C)OC(=O)CCCCCCCC1OC1C/C=C\CCCCC. The normalized spacial score (nSPS) is 17.8. The number of carbonyl (C=O) groups excluding carboxylic acids is 2. The van der Waals surface area contributed by atoms with Crippen LogP contribution in [0.4, 0.5) is 0 Å². The molecule has 3 unspecified atom stereocenters. The van der Waals surface area contributed by atoms with Gasteiger partial charge in [-0.25, -0.2) is 0 Å². The molecule has 4 atom stereocenters. The van der Waals surface area contributed by atoms with Crippen LogP contribution >= 0.6 is 7.82 Å². The Morgan fingerprint density at radius 2 is 1.22 bits per heavy atom. The van der Waals surface area contributed by atoms with Gasteiger partial charge in [-0.05, 0) is 77.0 Å². The van der Waals surface area contributed by atoms with E-state index in [0.29, 0.717) is 36.1 Å². The first-order chi connectivity index (χ1) is 26.5. The van der Waals surface area contributed by atoms with Crippen LogP contribution in [0.1, 0.15) is 155 Å². The second-order valence-electron chi connectivity index (χ2n) is 15.7. The maximum atomic E-state index is 12.7. The lowest BCUT2D eigenvalue weighted by Crippen LogP contribution is -2.37. The molecule has 55 heavy (non-hydrogen) atoms. The van der Waals surface area contributed by atoms with E-state index in [1.807, 2.05) is 21.1 Å². The third-order valence-corrected chi connectivity index (χ3v) is 10.2. The van der Waals surface area contributed by atoms with Gasteiger partial charge in [0.05, 0.1) is 40.0 Å². The van der Waals surface area contributed by atoms with Crippen molar-refractivity contribution in [2.45, 2.75) is 173 Å². The Kier molecular flexibility index (Phi) is 30.5. The molecule has 318 valence electrons. The largest absolute Gasteiger partial charge is 0.756 e. The summed E-state index contributed by atoms with van der Waals surface area (Å²) in [4.78, 5) is 37.5. The van der Waals surface area contributed by atoms with Crippen molar-refractivity contribution in [3.05, 3.63) is 48.6 Å². The second kappa shape index (κ2) is 33.0. The fourth-order valence-corrected chi connectivity index (χ4v) is 6.45. The highest BCUT2D eigenvalue weighted by Gasteiger charge is 2.36. The van der Waals surface area contributed by atoms with Gasteiger partial charge < -0.3 is 32.6 Å². The van der Waals surface area contributed by atoms with Crippen LogP contribution in [-0.2, 0) is 37.4 Å². The predicted octanol–water partition coefficient (Wildman–Crippen LogP) is 10.3. The molecule has 0 radical (unpaired) electrons. The van der Waals surface area contributed by atoms with E-state index in [-0.39, 0.29) is 26.1 Å². The Morgan fingerprint density at radius 3 is 1.85 bits per heavy atom. The van der Waals surface area contributed by atoms with Gasteiger partial charge in [-0.15, -0.1) is 0 Å². The molecule has 1 aliphatic rings. The number of nitrogens with zero attached hydrogens (tertiary/aromatic N) is 1. The zero-order valence-corrected chi connectivity index (χ0v) is 36.2. The zero-order valence-electron chi connectivity index (χ0n) is 35.3. The van der Waals surface area contributed by atoms with E-state index in [1.54, 1.807) is 0 Å². The minimum Gasteiger partial charge on any atom is -0.756 e. The molecule has 0 aliphatic carbocycles. The molecule has 0 aromatic heterocycles. The summed E-state index contributed by atoms with van der Waals surface area (Å²) in [7, 11) is 1.12. The summed E-state index contributed by atoms with van der Waals surface area (Å²) in [6.45, 7) is 4.08. The van der Waals surface area contributed by atoms with Gasteiger partial charge in [-0.1, -0.05) is 114 Å². The summed E-state index contributed by atoms with van der Waals surface area (Å²) in [6, 6.07) is 0. The second-order valence-corrected chi connectivity index (χ2v) is 17.1. The van der Waals surface area contributed by atoms with Crippen molar-refractivity contribution in [2.75, 3.05) is 47.5 Å². The number of ether oxygens (including phenoxy) is 3. The molecule has 11 heteroatoms. The van der Waals surface area contributed by atoms with Crippen LogP contribution in [0.5, 0.6) is 0 Å². The molecular formula is C44H78NO9P. The highest BCUT2D eigenvalue weighted by atomic mass is 31.2. The molecule has 1 rings (SSSR count). The summed E-state index contributed by atoms with van der Waals surface area (Å²) >= 11 is 0. The first-order valence-electron chi connectivity index (χ1n) is 21.5. The van der Waals surface area contributed by atoms with Crippen LogP contribution in [0.15, 0.2) is 48.6 Å². The molecular weight excluding hydrogens is 717 g/mol. The number of esters is 2. The summed E-state index contributed by atoms with van der Waals surface area (Å²) in [6.07, 6.45) is 38.7. The van der Waals surface area contributed by atoms with Crippen molar-refractivity contribution < 1.29 is 46.8 Å². The first-order valence-corrected chi connectivity index (χ1v) is 22.9. The molecule has 0 saturated carbocycles. The lowest BCUT2D eigenvalue weighted by molar-refractivity contribution is -0.870. The fraction of sp³-hybridized carbons (Fsp3) is 0.773. The van der Waals surface area contributed by atoms with Crippen LogP contribution < -0.4 is 4.89 Å². The van der Waals surface area contributed by atoms with Crippen molar-refractivity contribution in [3.8, 4) is 0 Å². The number of allylic oxidation sites excluding steroid dienone is 7. The van der Waals surface area contributed by atoms with E-state index < -0.39 is 32.5 Å². The van der Waals surface area contributed by atoms with E-state index in [1.165, 1.54) is 38.5 Å². The summed E-state index contributed by atoms with van der Waals surface area (Å²) in [5, 5.41) is 0. The lowest BCUT2D eigenvalue weighted by atomic mass is 10.1. The Hall–Kier alpha value is -2.07. The molecule has 0 bridgehead atoms. The van der Waals surface area contributed by atoms with Crippen LogP contribution in [-0.4, -0.2) is 82.2 Å². The molecule has 0 amide bonds. The summed E-state index contributed by atoms with van der Waals surface area (Å²) < 4.78 is 39.6. The van der Waals surface area contributed by atoms with Gasteiger partial charge >= 0.3 is 11.9 Å². The minimum absolute atomic E-state index is 0.0444. The Balaban J connectivity index is 2.34. The van der Waals surface area contributed by atoms with E-state index >= 15 is 0 Å². The van der Waals surface area contributed by atoms with Crippen LogP contribution in [0.2, 0.25) is 0 Å². The van der Waals surface area contributed by atoms with E-state index in [2.05, 4.69) is 62.5 Å². The average Bonchev–Trinajstić information content (AvgIpc) is 3.89. The Labute approximate surface area is 335 Å². The maximum absolute atomic E-state index is 12.7. The quantitative estimate of drug-likeness (QED) is 0.0151. The van der Waals surface area contributed by atoms with Gasteiger partial charge in [-0.3, -0.25) is 14.2 Å². The van der Waals surface area contributed by atoms with E-state index in [9.17, 15) is 19.0 Å². The molecule has 1 saturated heterocycles. The number of hydrogen-bond donors (Lipinski definition) is 0. The molecule has 0 aromatic rings. The smallest absolute Gasteiger partial charge is 0.306 e. The third-order valence-electron chi connectivity index (χ3n) is 9.25. The molecule has 10 nitrogen and oxygen atoms in total. The number of rotatable bonds is 37. The summed E-state index contributed by atoms with van der Waals surface area (Å²) in [5.74, 6) is -0.907. The highest BCUT2D eigenvalue weighted by molar-refractivity contribution is 7.45. The molecule has 0 N–H and O–H groups in total. The van der Waals surface area contributed by atoms with Crippen LogP contribution in [0.25, 0.3) is 0 Å². The van der Waals surface area contributed by atoms with Gasteiger partial charge in [-0.2, -0.15) is 0 Å². The van der Waals surface area contributed by atoms with Crippen molar-refractivity contribution >= 4 is 19.8 Å². The first kappa shape index (κ1) is 50.9. The van der Waals surface area contributed by atoms with E-state index in [4.69, 9.17) is 23.3 Å². The third kappa shape index (κ3) is 33.8. The summed E-state index contributed by atoms with van der Waals surface area (Å²) in [5.41, 5.74) is 0. The maximum Gasteiger partial charge on any atom is 0.306 e. The number of likely N-dealkylation sites (N-methyl/N-ethyl adjacent to an activating group) is 1. The molecule has 0 aromatic carbocycles. The van der Waals surface area contributed by atoms with Gasteiger partial charge in [0.2, 0.25) is 0 Å². The lowest BCUT2D eigenvalue weighted by Gasteiger charge is -2.28. The number of quaternary nitrogens is 1. The van der Waals surface area contributed by atoms with Gasteiger partial charge in [0.25, 0.3) is 7.82 Å². The number of unbranched alkanes of at least 4 members (excludes halogenated alkanes) is 12. The molecule has 0 spiro atoms. The average molecular weight is 796 g/mol. The van der Waals surface area contributed by atoms with Gasteiger partial charge in [0.1, 0.15) is 19.8 Å². The van der Waals surface area contributed by atoms with Crippen LogP contribution in [0.3, 0.4) is 0 Å². The topological polar surface area (TPSA) is 124 Å². The highest BCUT2D eigenvalue weighted by Crippen LogP contribution is 2.38. The van der Waals surface area contributed by atoms with Gasteiger partial charge in [0.15, 0.2) is 6.10 Å². The van der Waals surface area contributed by atoms with Gasteiger partial charge in [0, 0.05) is 12.8 Å². The van der Waals surface area contributed by atoms with Crippen molar-refractivity contribution in [1.82, 2.24) is 0 Å². The van der Waals surface area contributed by atoms with Crippen molar-refractivity contribution in [2.24, 2.45) is 0 Å². The van der Waals surface area contributed by atoms with Crippen molar-refractivity contribution in [1.29, 1.82) is 0 Å². The number of phosphoric ester groups is 1. The number of carbonyl (C=O) groups is 2. The van der Waals surface area contributed by atoms with Crippen molar-refractivity contribution in [3.63, 3.8) is 0 Å². The number of phosphoric acid groups is 1.